The van der Waals surface area contributed by atoms with Crippen LogP contribution in [0.5, 0.6) is 11.6 Å². The number of carboxylic acid groups (broad SMARTS) is 1. The number of allylic oxidation sites excluding steroid dienone is 1. The summed E-state index contributed by atoms with van der Waals surface area (Å²) >= 11 is 0. The highest BCUT2D eigenvalue weighted by atomic mass is 32.2. The molecule has 302 valence electrons. The number of nitrogens with zero attached hydrogens (tertiary/aromatic N) is 3. The second-order valence-corrected chi connectivity index (χ2v) is 19.0. The molecule has 10 atom stereocenters. The molecule has 1 aromatic carbocycles. The normalized spacial score (nSPS) is 34.9. The molecular formula is C40H50FN5O9S. The van der Waals surface area contributed by atoms with Crippen molar-refractivity contribution < 1.29 is 46.6 Å². The van der Waals surface area contributed by atoms with Gasteiger partial charge >= 0.3 is 6.09 Å². The van der Waals surface area contributed by atoms with E-state index in [1.165, 1.54) is 35.2 Å². The lowest BCUT2D eigenvalue weighted by Gasteiger charge is -2.40. The van der Waals surface area contributed by atoms with Gasteiger partial charge in [0.05, 0.1) is 24.3 Å². The minimum absolute atomic E-state index is 0.0567. The summed E-state index contributed by atoms with van der Waals surface area (Å²) in [6.07, 6.45) is 8.62. The van der Waals surface area contributed by atoms with Crippen LogP contribution in [0.1, 0.15) is 78.1 Å². The summed E-state index contributed by atoms with van der Waals surface area (Å²) < 4.78 is 54.6. The number of fused-ring (bicyclic) bond motifs is 4. The Morgan fingerprint density at radius 3 is 2.52 bits per heavy atom. The van der Waals surface area contributed by atoms with Crippen LogP contribution >= 0.6 is 0 Å². The van der Waals surface area contributed by atoms with Crippen molar-refractivity contribution in [3.63, 3.8) is 0 Å². The first-order valence-corrected chi connectivity index (χ1v) is 21.4. The maximum atomic E-state index is 15.2. The summed E-state index contributed by atoms with van der Waals surface area (Å²) in [5.41, 5.74) is -1.56. The molecule has 3 N–H and O–H groups in total. The molecule has 56 heavy (non-hydrogen) atoms. The van der Waals surface area contributed by atoms with Crippen LogP contribution in [-0.2, 0) is 24.4 Å². The van der Waals surface area contributed by atoms with Crippen LogP contribution in [-0.4, -0.2) is 101 Å². The first-order valence-electron chi connectivity index (χ1n) is 19.8. The molecule has 2 aliphatic heterocycles. The molecule has 3 heterocycles. The van der Waals surface area contributed by atoms with Crippen molar-refractivity contribution in [2.24, 2.45) is 29.6 Å². The van der Waals surface area contributed by atoms with Gasteiger partial charge in [-0.25, -0.2) is 22.6 Å². The van der Waals surface area contributed by atoms with E-state index >= 15 is 4.79 Å². The van der Waals surface area contributed by atoms with Crippen LogP contribution in [0.15, 0.2) is 36.5 Å². The van der Waals surface area contributed by atoms with Gasteiger partial charge in [-0.05, 0) is 93.6 Å². The average Bonchev–Trinajstić information content (AvgIpc) is 4.11. The molecule has 1 saturated heterocycles. The first kappa shape index (κ1) is 38.4. The quantitative estimate of drug-likeness (QED) is 0.324. The van der Waals surface area contributed by atoms with Crippen LogP contribution < -0.4 is 19.5 Å². The number of benzene rings is 1. The maximum absolute atomic E-state index is 15.2. The number of pyridine rings is 1. The Morgan fingerprint density at radius 1 is 1.07 bits per heavy atom. The monoisotopic (exact) mass is 795 g/mol. The number of halogens is 1. The second-order valence-electron chi connectivity index (χ2n) is 17.1. The fourth-order valence-corrected chi connectivity index (χ4v) is 11.1. The molecule has 4 saturated carbocycles. The summed E-state index contributed by atoms with van der Waals surface area (Å²) in [4.78, 5) is 63.9. The molecule has 0 radical (unpaired) electrons. The molecule has 5 fully saturated rings. The largest absolute Gasteiger partial charge is 0.496 e. The SMILES string of the molecule is COc1cc(F)cc2c(O[C@@H]3C[C@H]4C(=O)N[C@]5(C(=O)NS(=O)(=O)C6CC6)C[C@H]5/C=C\CC[C@H](C)C[C@@H](C)[C@H](N(C(=O)O)C5CC6C[C@H]6C5)C(=O)N4C3)nccc12. The highest BCUT2D eigenvalue weighted by Gasteiger charge is 2.62. The summed E-state index contributed by atoms with van der Waals surface area (Å²) in [5.74, 6) is -2.18. The number of methoxy groups -OCH3 is 1. The summed E-state index contributed by atoms with van der Waals surface area (Å²) in [5, 5.41) is 13.8. The molecule has 2 unspecified atom stereocenters. The Bertz CT molecular complexity index is 2070. The molecule has 0 bridgehead atoms. The summed E-state index contributed by atoms with van der Waals surface area (Å²) in [7, 11) is -2.52. The molecule has 4 amide bonds. The van der Waals surface area contributed by atoms with E-state index in [4.69, 9.17) is 9.47 Å². The number of carbonyl (C=O) groups is 4. The number of hydrogen-bond donors (Lipinski definition) is 3. The van der Waals surface area contributed by atoms with Crippen molar-refractivity contribution in [1.82, 2.24) is 24.8 Å². The fourth-order valence-electron chi connectivity index (χ4n) is 9.69. The molecule has 16 heteroatoms. The Labute approximate surface area is 325 Å². The van der Waals surface area contributed by atoms with Crippen LogP contribution in [0.3, 0.4) is 0 Å². The minimum Gasteiger partial charge on any atom is -0.496 e. The van der Waals surface area contributed by atoms with Gasteiger partial charge in [0.1, 0.15) is 35.3 Å². The number of hydrogen-bond acceptors (Lipinski definition) is 9. The van der Waals surface area contributed by atoms with E-state index in [0.717, 1.165) is 12.8 Å². The average molecular weight is 796 g/mol. The van der Waals surface area contributed by atoms with Gasteiger partial charge in [-0.3, -0.25) is 24.0 Å². The topological polar surface area (TPSA) is 185 Å². The number of carbonyl (C=O) groups excluding carboxylic acids is 3. The molecular weight excluding hydrogens is 746 g/mol. The van der Waals surface area contributed by atoms with Crippen molar-refractivity contribution in [1.29, 1.82) is 0 Å². The van der Waals surface area contributed by atoms with Gasteiger partial charge in [-0.1, -0.05) is 26.0 Å². The Balaban J connectivity index is 1.16. The lowest BCUT2D eigenvalue weighted by molar-refractivity contribution is -0.145. The van der Waals surface area contributed by atoms with E-state index < -0.39 is 80.5 Å². The van der Waals surface area contributed by atoms with E-state index in [1.54, 1.807) is 6.07 Å². The second kappa shape index (κ2) is 14.5. The molecule has 6 aliphatic rings. The van der Waals surface area contributed by atoms with Gasteiger partial charge in [0.2, 0.25) is 27.7 Å². The number of sulfonamides is 1. The molecule has 1 aromatic heterocycles. The fraction of sp³-hybridized carbons (Fsp3) is 0.625. The van der Waals surface area contributed by atoms with Crippen molar-refractivity contribution in [3.05, 3.63) is 42.4 Å². The zero-order chi connectivity index (χ0) is 39.7. The number of amides is 4. The molecule has 4 aliphatic carbocycles. The Hall–Kier alpha value is -4.47. The number of ether oxygens (including phenoxy) is 2. The third-order valence-corrected chi connectivity index (χ3v) is 14.8. The lowest BCUT2D eigenvalue weighted by Crippen LogP contribution is -2.61. The molecule has 14 nitrogen and oxygen atoms in total. The van der Waals surface area contributed by atoms with Crippen LogP contribution in [0.25, 0.3) is 10.8 Å². The highest BCUT2D eigenvalue weighted by molar-refractivity contribution is 7.91. The van der Waals surface area contributed by atoms with Gasteiger partial charge in [-0.2, -0.15) is 0 Å². The minimum atomic E-state index is -3.94. The Morgan fingerprint density at radius 2 is 1.82 bits per heavy atom. The van der Waals surface area contributed by atoms with Crippen LogP contribution in [0.2, 0.25) is 0 Å². The van der Waals surface area contributed by atoms with Crippen molar-refractivity contribution in [2.75, 3.05) is 13.7 Å². The van der Waals surface area contributed by atoms with E-state index in [2.05, 4.69) is 21.9 Å². The standard InChI is InChI=1S/C40H50FN5O9S/c1-21-6-4-5-7-25-19-40(25,38(49)44-56(52,53)29-8-9-29)43-35(47)32-18-28(55-36-31-16-26(41)17-33(54-3)30(31)10-11-42-36)20-45(32)37(48)34(22(2)12-21)46(39(50)51)27-14-23-13-24(23)15-27/h5,7,10-11,16-17,21-25,27-29,32,34H,4,6,8-9,12-15,18-20H2,1-3H3,(H,43,47)(H,44,49)(H,50,51)/b7-5-/t21-,22+,23-,24?,25+,27?,28+,32-,34-,40+/m0/s1. The maximum Gasteiger partial charge on any atom is 0.408 e. The van der Waals surface area contributed by atoms with Gasteiger partial charge < -0.3 is 24.8 Å². The van der Waals surface area contributed by atoms with Crippen molar-refractivity contribution >= 4 is 44.6 Å². The van der Waals surface area contributed by atoms with Crippen molar-refractivity contribution in [2.45, 2.75) is 113 Å². The van der Waals surface area contributed by atoms with E-state index in [0.29, 0.717) is 61.1 Å². The van der Waals surface area contributed by atoms with Gasteiger partial charge in [0.15, 0.2) is 0 Å². The number of nitrogens with one attached hydrogen (secondary N) is 2. The molecule has 0 spiro atoms. The van der Waals surface area contributed by atoms with Gasteiger partial charge in [0, 0.05) is 36.0 Å². The molecule has 2 aromatic rings. The number of rotatable bonds is 8. The number of aromatic nitrogens is 1. The van der Waals surface area contributed by atoms with E-state index in [-0.39, 0.29) is 43.0 Å². The highest BCUT2D eigenvalue weighted by Crippen LogP contribution is 2.54. The van der Waals surface area contributed by atoms with Gasteiger partial charge in [0.25, 0.3) is 5.91 Å². The first-order chi connectivity index (χ1) is 26.7. The Kier molecular flexibility index (Phi) is 9.93. The summed E-state index contributed by atoms with van der Waals surface area (Å²) in [6.45, 7) is 3.84. The zero-order valence-corrected chi connectivity index (χ0v) is 32.7. The van der Waals surface area contributed by atoms with E-state index in [1.807, 2.05) is 19.1 Å². The predicted molar refractivity (Wildman–Crippen MR) is 201 cm³/mol. The third kappa shape index (κ3) is 7.29. The third-order valence-electron chi connectivity index (χ3n) is 13.0. The van der Waals surface area contributed by atoms with Gasteiger partial charge in [-0.15, -0.1) is 0 Å². The summed E-state index contributed by atoms with van der Waals surface area (Å²) in [6, 6.07) is 1.51. The van der Waals surface area contributed by atoms with E-state index in [9.17, 15) is 32.3 Å². The van der Waals surface area contributed by atoms with Crippen LogP contribution in [0, 0.1) is 35.4 Å². The zero-order valence-electron chi connectivity index (χ0n) is 31.9. The molecule has 8 rings (SSSR count). The predicted octanol–water partition coefficient (Wildman–Crippen LogP) is 4.37. The lowest BCUT2D eigenvalue weighted by atomic mass is 9.86. The van der Waals surface area contributed by atoms with Crippen molar-refractivity contribution in [3.8, 4) is 11.6 Å². The van der Waals surface area contributed by atoms with Crippen LogP contribution in [0.4, 0.5) is 9.18 Å². The smallest absolute Gasteiger partial charge is 0.408 e.